The second kappa shape index (κ2) is 4.18. The first kappa shape index (κ1) is 10.4. The molecule has 0 aromatic heterocycles. The van der Waals surface area contributed by atoms with Gasteiger partial charge in [0.2, 0.25) is 5.91 Å². The molecule has 0 aromatic carbocycles. The van der Waals surface area contributed by atoms with Crippen molar-refractivity contribution in [3.63, 3.8) is 0 Å². The van der Waals surface area contributed by atoms with Gasteiger partial charge in [-0.1, -0.05) is 0 Å². The molecule has 5 nitrogen and oxygen atoms in total. The molecule has 5 heteroatoms. The zero-order chi connectivity index (χ0) is 10.8. The molecular formula is C10H16N2O3. The highest BCUT2D eigenvalue weighted by atomic mass is 16.4. The zero-order valence-electron chi connectivity index (χ0n) is 8.61. The highest BCUT2D eigenvalue weighted by molar-refractivity contribution is 5.86. The first-order valence-corrected chi connectivity index (χ1v) is 5.44. The van der Waals surface area contributed by atoms with Crippen LogP contribution in [0.5, 0.6) is 0 Å². The van der Waals surface area contributed by atoms with E-state index in [1.54, 1.807) is 4.90 Å². The molecule has 0 aromatic rings. The lowest BCUT2D eigenvalue weighted by atomic mass is 9.96. The number of likely N-dealkylation sites (tertiary alicyclic amines) is 1. The normalized spacial score (nSPS) is 27.2. The number of carboxylic acids is 1. The Hall–Kier alpha value is -1.10. The Bertz CT molecular complexity index is 276. The van der Waals surface area contributed by atoms with Crippen molar-refractivity contribution in [1.82, 2.24) is 10.2 Å². The SMILES string of the molecule is O=C(O)[C@@H]1CCCCN1C(=O)C1CNC1. The molecule has 0 spiro atoms. The van der Waals surface area contributed by atoms with Crippen LogP contribution >= 0.6 is 0 Å². The number of carboxylic acid groups (broad SMARTS) is 1. The van der Waals surface area contributed by atoms with Crippen molar-refractivity contribution in [2.75, 3.05) is 19.6 Å². The van der Waals surface area contributed by atoms with E-state index < -0.39 is 12.0 Å². The third-order valence-electron chi connectivity index (χ3n) is 3.20. The highest BCUT2D eigenvalue weighted by Crippen LogP contribution is 2.20. The maximum absolute atomic E-state index is 11.9. The summed E-state index contributed by atoms with van der Waals surface area (Å²) in [6.45, 7) is 2.00. The number of hydrogen-bond acceptors (Lipinski definition) is 3. The van der Waals surface area contributed by atoms with Gasteiger partial charge in [0.25, 0.3) is 0 Å². The minimum absolute atomic E-state index is 0.00458. The molecule has 2 rings (SSSR count). The number of amides is 1. The van der Waals surface area contributed by atoms with Crippen molar-refractivity contribution in [3.05, 3.63) is 0 Å². The Kier molecular flexibility index (Phi) is 2.90. The summed E-state index contributed by atoms with van der Waals surface area (Å²) in [6, 6.07) is -0.591. The topological polar surface area (TPSA) is 69.6 Å². The number of aliphatic carboxylic acids is 1. The minimum atomic E-state index is -0.865. The quantitative estimate of drug-likeness (QED) is 0.657. The van der Waals surface area contributed by atoms with Crippen molar-refractivity contribution < 1.29 is 14.7 Å². The van der Waals surface area contributed by atoms with E-state index in [1.165, 1.54) is 0 Å². The van der Waals surface area contributed by atoms with Gasteiger partial charge in [0.1, 0.15) is 6.04 Å². The summed E-state index contributed by atoms with van der Waals surface area (Å²) in [5.74, 6) is -0.846. The Morgan fingerprint density at radius 1 is 1.27 bits per heavy atom. The third kappa shape index (κ3) is 1.97. The van der Waals surface area contributed by atoms with Crippen LogP contribution in [0.2, 0.25) is 0 Å². The monoisotopic (exact) mass is 212 g/mol. The van der Waals surface area contributed by atoms with Gasteiger partial charge in [-0.05, 0) is 19.3 Å². The Morgan fingerprint density at radius 3 is 2.53 bits per heavy atom. The maximum atomic E-state index is 11.9. The molecular weight excluding hydrogens is 196 g/mol. The standard InChI is InChI=1S/C10H16N2O3/c13-9(7-5-11-6-7)12-4-2-1-3-8(12)10(14)15/h7-8,11H,1-6H2,(H,14,15)/t8-/m0/s1. The van der Waals surface area contributed by atoms with Crippen molar-refractivity contribution in [2.45, 2.75) is 25.3 Å². The second-order valence-corrected chi connectivity index (χ2v) is 4.24. The van der Waals surface area contributed by atoms with Crippen LogP contribution in [0, 0.1) is 5.92 Å². The molecule has 1 amide bonds. The molecule has 0 unspecified atom stereocenters. The molecule has 2 N–H and O–H groups in total. The van der Waals surface area contributed by atoms with Gasteiger partial charge in [0.15, 0.2) is 0 Å². The van der Waals surface area contributed by atoms with Crippen LogP contribution < -0.4 is 5.32 Å². The van der Waals surface area contributed by atoms with E-state index in [1.807, 2.05) is 0 Å². The fraction of sp³-hybridized carbons (Fsp3) is 0.800. The number of carbonyl (C=O) groups excluding carboxylic acids is 1. The van der Waals surface area contributed by atoms with E-state index >= 15 is 0 Å². The average Bonchev–Trinajstić information content (AvgIpc) is 2.15. The number of piperidine rings is 1. The average molecular weight is 212 g/mol. The first-order chi connectivity index (χ1) is 7.20. The van der Waals surface area contributed by atoms with E-state index in [9.17, 15) is 9.59 Å². The molecule has 0 aliphatic carbocycles. The molecule has 15 heavy (non-hydrogen) atoms. The van der Waals surface area contributed by atoms with Gasteiger partial charge in [0, 0.05) is 19.6 Å². The number of rotatable bonds is 2. The Morgan fingerprint density at radius 2 is 2.00 bits per heavy atom. The lowest BCUT2D eigenvalue weighted by Gasteiger charge is -2.38. The molecule has 2 aliphatic rings. The molecule has 2 fully saturated rings. The summed E-state index contributed by atoms with van der Waals surface area (Å²) in [5.41, 5.74) is 0. The van der Waals surface area contributed by atoms with Gasteiger partial charge < -0.3 is 15.3 Å². The van der Waals surface area contributed by atoms with Crippen LogP contribution in [0.3, 0.4) is 0 Å². The maximum Gasteiger partial charge on any atom is 0.326 e. The Balaban J connectivity index is 2.03. The fourth-order valence-electron chi connectivity index (χ4n) is 2.15. The van der Waals surface area contributed by atoms with E-state index in [2.05, 4.69) is 5.32 Å². The molecule has 84 valence electrons. The highest BCUT2D eigenvalue weighted by Gasteiger charge is 2.37. The molecule has 2 aliphatic heterocycles. The van der Waals surface area contributed by atoms with Crippen LogP contribution in [0.4, 0.5) is 0 Å². The summed E-state index contributed by atoms with van der Waals surface area (Å²) in [6.07, 6.45) is 2.43. The summed E-state index contributed by atoms with van der Waals surface area (Å²) in [5, 5.41) is 12.1. The number of hydrogen-bond donors (Lipinski definition) is 2. The molecule has 1 atom stereocenters. The van der Waals surface area contributed by atoms with Crippen LogP contribution in [0.25, 0.3) is 0 Å². The largest absolute Gasteiger partial charge is 0.480 e. The predicted molar refractivity (Wildman–Crippen MR) is 53.3 cm³/mol. The Labute approximate surface area is 88.4 Å². The molecule has 0 radical (unpaired) electrons. The smallest absolute Gasteiger partial charge is 0.326 e. The summed E-state index contributed by atoms with van der Waals surface area (Å²) in [7, 11) is 0. The van der Waals surface area contributed by atoms with Gasteiger partial charge in [-0.15, -0.1) is 0 Å². The van der Waals surface area contributed by atoms with Gasteiger partial charge in [-0.3, -0.25) is 4.79 Å². The first-order valence-electron chi connectivity index (χ1n) is 5.44. The van der Waals surface area contributed by atoms with E-state index in [0.29, 0.717) is 26.1 Å². The zero-order valence-corrected chi connectivity index (χ0v) is 8.61. The van der Waals surface area contributed by atoms with Crippen molar-refractivity contribution in [3.8, 4) is 0 Å². The van der Waals surface area contributed by atoms with Crippen molar-refractivity contribution in [1.29, 1.82) is 0 Å². The van der Waals surface area contributed by atoms with Crippen LogP contribution in [-0.2, 0) is 9.59 Å². The summed E-state index contributed by atoms with van der Waals surface area (Å²) >= 11 is 0. The number of nitrogens with zero attached hydrogens (tertiary/aromatic N) is 1. The van der Waals surface area contributed by atoms with Gasteiger partial charge in [-0.2, -0.15) is 0 Å². The lowest BCUT2D eigenvalue weighted by Crippen LogP contribution is -2.57. The lowest BCUT2D eigenvalue weighted by molar-refractivity contribution is -0.154. The second-order valence-electron chi connectivity index (χ2n) is 4.24. The predicted octanol–water partition coefficient (Wildman–Crippen LogP) is -0.329. The number of nitrogens with one attached hydrogen (secondary N) is 1. The van der Waals surface area contributed by atoms with E-state index in [-0.39, 0.29) is 11.8 Å². The van der Waals surface area contributed by atoms with Crippen molar-refractivity contribution in [2.24, 2.45) is 5.92 Å². The van der Waals surface area contributed by atoms with E-state index in [0.717, 1.165) is 12.8 Å². The fourth-order valence-corrected chi connectivity index (χ4v) is 2.15. The van der Waals surface area contributed by atoms with Gasteiger partial charge in [-0.25, -0.2) is 4.79 Å². The van der Waals surface area contributed by atoms with Gasteiger partial charge >= 0.3 is 5.97 Å². The van der Waals surface area contributed by atoms with Crippen molar-refractivity contribution >= 4 is 11.9 Å². The minimum Gasteiger partial charge on any atom is -0.480 e. The van der Waals surface area contributed by atoms with Crippen LogP contribution in [-0.4, -0.2) is 47.6 Å². The molecule has 2 heterocycles. The van der Waals surface area contributed by atoms with Crippen LogP contribution in [0.1, 0.15) is 19.3 Å². The van der Waals surface area contributed by atoms with Crippen LogP contribution in [0.15, 0.2) is 0 Å². The molecule has 0 saturated carbocycles. The van der Waals surface area contributed by atoms with E-state index in [4.69, 9.17) is 5.11 Å². The number of carbonyl (C=O) groups is 2. The third-order valence-corrected chi connectivity index (χ3v) is 3.20. The summed E-state index contributed by atoms with van der Waals surface area (Å²) < 4.78 is 0. The molecule has 2 saturated heterocycles. The molecule has 0 bridgehead atoms. The van der Waals surface area contributed by atoms with Gasteiger partial charge in [0.05, 0.1) is 5.92 Å². The summed E-state index contributed by atoms with van der Waals surface area (Å²) in [4.78, 5) is 24.5.